The zero-order valence-electron chi connectivity index (χ0n) is 11.3. The van der Waals surface area contributed by atoms with Crippen molar-refractivity contribution in [3.63, 3.8) is 0 Å². The molecule has 0 saturated carbocycles. The van der Waals surface area contributed by atoms with Crippen LogP contribution in [0.25, 0.3) is 0 Å². The van der Waals surface area contributed by atoms with Crippen LogP contribution in [-0.2, 0) is 11.3 Å². The number of nitrogens with one attached hydrogen (secondary N) is 1. The van der Waals surface area contributed by atoms with Gasteiger partial charge in [-0.25, -0.2) is 4.98 Å². The summed E-state index contributed by atoms with van der Waals surface area (Å²) in [6.07, 6.45) is 4.24. The maximum absolute atomic E-state index is 5.57. The first kappa shape index (κ1) is 12.9. The number of likely N-dealkylation sites (tertiary alicyclic amines) is 1. The summed E-state index contributed by atoms with van der Waals surface area (Å²) in [5.74, 6) is 0.985. The van der Waals surface area contributed by atoms with Crippen molar-refractivity contribution in [1.29, 1.82) is 0 Å². The molecule has 0 radical (unpaired) electrons. The molecule has 0 aromatic carbocycles. The first-order chi connectivity index (χ1) is 9.31. The standard InChI is InChI=1S/C13H20N4OS/c1-14-12(16-8-11-15-4-7-19-11)17-5-2-13(9-17)3-6-18-10-13/h4,7H,2-3,5-6,8-10H2,1H3,(H,14,16). The number of ether oxygens (including phenoxy) is 1. The fourth-order valence-corrected chi connectivity index (χ4v) is 3.47. The summed E-state index contributed by atoms with van der Waals surface area (Å²) in [6, 6.07) is 0. The Morgan fingerprint density at radius 1 is 1.63 bits per heavy atom. The Balaban J connectivity index is 1.58. The minimum Gasteiger partial charge on any atom is -0.381 e. The van der Waals surface area contributed by atoms with Gasteiger partial charge in [-0.1, -0.05) is 0 Å². The van der Waals surface area contributed by atoms with Crippen molar-refractivity contribution in [2.24, 2.45) is 10.4 Å². The van der Waals surface area contributed by atoms with Gasteiger partial charge in [0, 0.05) is 43.7 Å². The van der Waals surface area contributed by atoms with E-state index in [0.717, 1.165) is 43.8 Å². The second-order valence-corrected chi connectivity index (χ2v) is 6.28. The molecular formula is C13H20N4OS. The lowest BCUT2D eigenvalue weighted by Crippen LogP contribution is -2.41. The van der Waals surface area contributed by atoms with Gasteiger partial charge in [-0.15, -0.1) is 11.3 Å². The summed E-state index contributed by atoms with van der Waals surface area (Å²) in [5, 5.41) is 6.50. The maximum atomic E-state index is 5.57. The van der Waals surface area contributed by atoms with Crippen molar-refractivity contribution in [3.05, 3.63) is 16.6 Å². The number of guanidine groups is 1. The molecule has 1 N–H and O–H groups in total. The number of rotatable bonds is 2. The molecule has 2 aliphatic heterocycles. The summed E-state index contributed by atoms with van der Waals surface area (Å²) in [7, 11) is 1.85. The van der Waals surface area contributed by atoms with Gasteiger partial charge in [0.05, 0.1) is 13.2 Å². The Hall–Kier alpha value is -1.14. The predicted molar refractivity (Wildman–Crippen MR) is 76.4 cm³/mol. The summed E-state index contributed by atoms with van der Waals surface area (Å²) in [6.45, 7) is 4.71. The second kappa shape index (κ2) is 5.46. The first-order valence-electron chi connectivity index (χ1n) is 6.73. The highest BCUT2D eigenvalue weighted by atomic mass is 32.1. The molecule has 0 aliphatic carbocycles. The Morgan fingerprint density at radius 2 is 2.58 bits per heavy atom. The molecule has 2 fully saturated rings. The van der Waals surface area contributed by atoms with E-state index in [9.17, 15) is 0 Å². The minimum atomic E-state index is 0.374. The lowest BCUT2D eigenvalue weighted by Gasteiger charge is -2.24. The highest BCUT2D eigenvalue weighted by Crippen LogP contribution is 2.38. The van der Waals surface area contributed by atoms with Crippen LogP contribution in [0.2, 0.25) is 0 Å². The summed E-state index contributed by atoms with van der Waals surface area (Å²) >= 11 is 1.67. The Morgan fingerprint density at radius 3 is 3.26 bits per heavy atom. The number of nitrogens with zero attached hydrogens (tertiary/aromatic N) is 3. The van der Waals surface area contributed by atoms with Crippen molar-refractivity contribution < 1.29 is 4.74 Å². The van der Waals surface area contributed by atoms with Crippen LogP contribution in [0.3, 0.4) is 0 Å². The van der Waals surface area contributed by atoms with Gasteiger partial charge in [0.1, 0.15) is 5.01 Å². The van der Waals surface area contributed by atoms with Crippen LogP contribution in [0, 0.1) is 5.41 Å². The molecule has 2 aliphatic rings. The third kappa shape index (κ3) is 2.74. The van der Waals surface area contributed by atoms with Crippen LogP contribution in [0.4, 0.5) is 0 Å². The molecule has 6 heteroatoms. The lowest BCUT2D eigenvalue weighted by molar-refractivity contribution is 0.156. The van der Waals surface area contributed by atoms with Gasteiger partial charge in [0.15, 0.2) is 5.96 Å². The van der Waals surface area contributed by atoms with Crippen LogP contribution in [0.5, 0.6) is 0 Å². The topological polar surface area (TPSA) is 49.8 Å². The molecule has 3 rings (SSSR count). The van der Waals surface area contributed by atoms with Crippen LogP contribution >= 0.6 is 11.3 Å². The van der Waals surface area contributed by atoms with E-state index in [2.05, 4.69) is 20.2 Å². The monoisotopic (exact) mass is 280 g/mol. The van der Waals surface area contributed by atoms with Crippen LogP contribution in [0.1, 0.15) is 17.8 Å². The van der Waals surface area contributed by atoms with Gasteiger partial charge in [-0.05, 0) is 12.8 Å². The van der Waals surface area contributed by atoms with Gasteiger partial charge < -0.3 is 15.0 Å². The number of thiazole rings is 1. The molecule has 0 amide bonds. The van der Waals surface area contributed by atoms with Crippen molar-refractivity contribution in [1.82, 2.24) is 15.2 Å². The zero-order chi connectivity index (χ0) is 13.1. The SMILES string of the molecule is CN=C(NCc1nccs1)N1CCC2(CCOC2)C1. The van der Waals surface area contributed by atoms with E-state index in [0.29, 0.717) is 5.41 Å². The Bertz CT molecular complexity index is 440. The van der Waals surface area contributed by atoms with Gasteiger partial charge >= 0.3 is 0 Å². The van der Waals surface area contributed by atoms with E-state index in [-0.39, 0.29) is 0 Å². The molecule has 0 bridgehead atoms. The molecule has 104 valence electrons. The van der Waals surface area contributed by atoms with E-state index in [1.165, 1.54) is 12.8 Å². The fraction of sp³-hybridized carbons (Fsp3) is 0.692. The molecule has 1 unspecified atom stereocenters. The van der Waals surface area contributed by atoms with Crippen LogP contribution < -0.4 is 5.32 Å². The molecular weight excluding hydrogens is 260 g/mol. The summed E-state index contributed by atoms with van der Waals surface area (Å²) < 4.78 is 5.57. The molecule has 5 nitrogen and oxygen atoms in total. The fourth-order valence-electron chi connectivity index (χ4n) is 2.91. The van der Waals surface area contributed by atoms with E-state index in [1.54, 1.807) is 11.3 Å². The van der Waals surface area contributed by atoms with Gasteiger partial charge in [0.2, 0.25) is 0 Å². The van der Waals surface area contributed by atoms with Crippen LogP contribution in [-0.4, -0.2) is 49.2 Å². The van der Waals surface area contributed by atoms with Crippen molar-refractivity contribution in [3.8, 4) is 0 Å². The third-order valence-corrected chi connectivity index (χ3v) is 4.80. The molecule has 3 heterocycles. The molecule has 1 spiro atoms. The van der Waals surface area contributed by atoms with E-state index in [1.807, 2.05) is 18.6 Å². The number of hydrogen-bond donors (Lipinski definition) is 1. The smallest absolute Gasteiger partial charge is 0.194 e. The van der Waals surface area contributed by atoms with Gasteiger partial charge in [0.25, 0.3) is 0 Å². The van der Waals surface area contributed by atoms with Gasteiger partial charge in [-0.3, -0.25) is 4.99 Å². The van der Waals surface area contributed by atoms with Crippen molar-refractivity contribution in [2.75, 3.05) is 33.4 Å². The maximum Gasteiger partial charge on any atom is 0.194 e. The largest absolute Gasteiger partial charge is 0.381 e. The second-order valence-electron chi connectivity index (χ2n) is 5.30. The highest BCUT2D eigenvalue weighted by molar-refractivity contribution is 7.09. The highest BCUT2D eigenvalue weighted by Gasteiger charge is 2.42. The summed E-state index contributed by atoms with van der Waals surface area (Å²) in [5.41, 5.74) is 0.374. The molecule has 2 saturated heterocycles. The minimum absolute atomic E-state index is 0.374. The lowest BCUT2D eigenvalue weighted by atomic mass is 9.87. The average Bonchev–Trinajstić information content (AvgIpc) is 3.15. The van der Waals surface area contributed by atoms with E-state index in [4.69, 9.17) is 4.74 Å². The number of hydrogen-bond acceptors (Lipinski definition) is 4. The third-order valence-electron chi connectivity index (χ3n) is 4.02. The van der Waals surface area contributed by atoms with E-state index < -0.39 is 0 Å². The predicted octanol–water partition coefficient (Wildman–Crippen LogP) is 1.33. The van der Waals surface area contributed by atoms with Crippen molar-refractivity contribution in [2.45, 2.75) is 19.4 Å². The Labute approximate surface area is 117 Å². The summed E-state index contributed by atoms with van der Waals surface area (Å²) in [4.78, 5) is 11.0. The quantitative estimate of drug-likeness (QED) is 0.656. The first-order valence-corrected chi connectivity index (χ1v) is 7.61. The van der Waals surface area contributed by atoms with E-state index >= 15 is 0 Å². The van der Waals surface area contributed by atoms with Gasteiger partial charge in [-0.2, -0.15) is 0 Å². The molecule has 1 aromatic rings. The number of aliphatic imine (C=N–C) groups is 1. The average molecular weight is 280 g/mol. The zero-order valence-corrected chi connectivity index (χ0v) is 12.1. The Kier molecular flexibility index (Phi) is 3.70. The van der Waals surface area contributed by atoms with Crippen molar-refractivity contribution >= 4 is 17.3 Å². The molecule has 1 atom stereocenters. The normalized spacial score (nSPS) is 27.4. The van der Waals surface area contributed by atoms with Crippen LogP contribution in [0.15, 0.2) is 16.6 Å². The molecule has 19 heavy (non-hydrogen) atoms. The molecule has 1 aromatic heterocycles. The number of aromatic nitrogens is 1.